The standard InChI is InChI=1S/C28H36N6O3.C26H33N7O2.C2H6/c1-19(26(29-4)34-12-6-9-21(34)3)7-5-8-20(2)31-27(36)25-15-23-17-32(13-10-22(23)16-30-25)28(37)33-14-11-24(35)18-33;1-18(24(28)33-13-6-9-23(33)27)7-5-8-19(2)30-25(34)22-15-21-17-32(14-10-20(21)16-29-22)26(35)31-11-3-4-12-31;1-2/h5,7-8,15-16,24,35H,2-3,6,9-14,17-18H2,1,4H3,(H,31,36);5,7-8,15-16,27-28H,2-4,6,9-14,17H2,1H3,(H,30,34);1-2H3/b8-5-,19-7+,29-26?;8-5-,18-7+,27-23?,28-24?;. The summed E-state index contributed by atoms with van der Waals surface area (Å²) < 4.78 is 0. The number of carbonyl (C=O) groups excluding carboxylic acids is 4. The first-order valence-corrected chi connectivity index (χ1v) is 25.9. The smallest absolute Gasteiger partial charge is 0.320 e. The molecule has 18 heteroatoms. The van der Waals surface area contributed by atoms with Gasteiger partial charge in [0.1, 0.15) is 28.9 Å². The second kappa shape index (κ2) is 26.5. The quantitative estimate of drug-likeness (QED) is 0.0904. The number of urea groups is 2. The van der Waals surface area contributed by atoms with E-state index >= 15 is 0 Å². The molecule has 2 aromatic heterocycles. The SMILES string of the molecule is C=C(/C=C\C=C(/C)C(=N)N1CCCC1=N)NC(=O)c1cc2c(cn1)CCN(C(=O)N1CCCC1)C2.C=C(/C=C\C=C(/C)C(=NC)N1CCCC1=C)NC(=O)c1cc2c(cn1)CCN(C(=O)N1CCC(O)C1)C2.CC. The van der Waals surface area contributed by atoms with Crippen LogP contribution in [-0.2, 0) is 25.9 Å². The number of nitrogens with zero attached hydrogens (tertiary/aromatic N) is 9. The van der Waals surface area contributed by atoms with Crippen LogP contribution in [0.4, 0.5) is 9.59 Å². The highest BCUT2D eigenvalue weighted by atomic mass is 16.3. The van der Waals surface area contributed by atoms with Gasteiger partial charge in [0.2, 0.25) is 0 Å². The molecule has 18 nitrogen and oxygen atoms in total. The van der Waals surface area contributed by atoms with Crippen LogP contribution in [0.15, 0.2) is 114 Å². The Morgan fingerprint density at radius 2 is 1.20 bits per heavy atom. The number of amidine groups is 3. The molecule has 1 atom stereocenters. The summed E-state index contributed by atoms with van der Waals surface area (Å²) in [4.78, 5) is 75.3. The average Bonchev–Trinajstić information content (AvgIpc) is 4.26. The van der Waals surface area contributed by atoms with Crippen molar-refractivity contribution >= 4 is 41.4 Å². The van der Waals surface area contributed by atoms with Crippen LogP contribution in [0, 0.1) is 10.8 Å². The molecule has 6 aliphatic heterocycles. The van der Waals surface area contributed by atoms with Gasteiger partial charge in [-0.2, -0.15) is 0 Å². The Bertz CT molecular complexity index is 2660. The minimum Gasteiger partial charge on any atom is -0.391 e. The lowest BCUT2D eigenvalue weighted by Crippen LogP contribution is -2.44. The van der Waals surface area contributed by atoms with E-state index in [1.807, 2.05) is 49.6 Å². The molecule has 394 valence electrons. The number of amides is 6. The molecule has 8 heterocycles. The number of rotatable bonds is 10. The number of aliphatic imine (C=N–C) groups is 1. The molecule has 4 saturated heterocycles. The summed E-state index contributed by atoms with van der Waals surface area (Å²) >= 11 is 0. The molecule has 0 bridgehead atoms. The van der Waals surface area contributed by atoms with Gasteiger partial charge in [-0.25, -0.2) is 9.59 Å². The summed E-state index contributed by atoms with van der Waals surface area (Å²) in [6.07, 6.45) is 21.5. The number of pyridine rings is 2. The predicted octanol–water partition coefficient (Wildman–Crippen LogP) is 7.49. The third kappa shape index (κ3) is 14.4. The Balaban J connectivity index is 0.000000234. The Hall–Kier alpha value is -7.47. The molecule has 0 saturated carbocycles. The Morgan fingerprint density at radius 1 is 0.689 bits per heavy atom. The van der Waals surface area contributed by atoms with Gasteiger partial charge in [-0.1, -0.05) is 57.9 Å². The number of nitrogens with one attached hydrogen (secondary N) is 4. The average molecular weight is 1010 g/mol. The highest BCUT2D eigenvalue weighted by Crippen LogP contribution is 2.25. The number of carbonyl (C=O) groups is 4. The second-order valence-corrected chi connectivity index (χ2v) is 19.0. The van der Waals surface area contributed by atoms with Gasteiger partial charge in [0.25, 0.3) is 11.8 Å². The van der Waals surface area contributed by atoms with Crippen molar-refractivity contribution in [1.29, 1.82) is 10.8 Å². The van der Waals surface area contributed by atoms with Gasteiger partial charge in [-0.05, 0) is 123 Å². The second-order valence-electron chi connectivity index (χ2n) is 19.0. The molecule has 0 radical (unpaired) electrons. The molecular formula is C56H75N13O5. The zero-order valence-corrected chi connectivity index (χ0v) is 44.0. The van der Waals surface area contributed by atoms with Crippen LogP contribution in [0.1, 0.15) is 116 Å². The molecule has 0 aliphatic carbocycles. The summed E-state index contributed by atoms with van der Waals surface area (Å²) in [5.74, 6) is 0.984. The van der Waals surface area contributed by atoms with E-state index in [9.17, 15) is 24.3 Å². The van der Waals surface area contributed by atoms with E-state index in [0.717, 1.165) is 103 Å². The number of aliphatic hydroxyl groups excluding tert-OH is 1. The zero-order valence-electron chi connectivity index (χ0n) is 44.0. The van der Waals surface area contributed by atoms with Gasteiger partial charge in [0.15, 0.2) is 0 Å². The topological polar surface area (TPSA) is 218 Å². The number of aliphatic hydroxyl groups is 1. The van der Waals surface area contributed by atoms with Gasteiger partial charge in [0.05, 0.1) is 6.10 Å². The molecule has 0 aromatic carbocycles. The summed E-state index contributed by atoms with van der Waals surface area (Å²) in [7, 11) is 1.78. The fraction of sp³-hybridized carbons (Fsp3) is 0.446. The highest BCUT2D eigenvalue weighted by Gasteiger charge is 2.31. The van der Waals surface area contributed by atoms with Gasteiger partial charge in [-0.15, -0.1) is 0 Å². The fourth-order valence-corrected chi connectivity index (χ4v) is 9.58. The first-order chi connectivity index (χ1) is 35.6. The normalized spacial score (nSPS) is 19.0. The molecule has 2 aromatic rings. The molecule has 0 spiro atoms. The number of β-amino-alcohol motifs (C(OH)–C–C–N with tert-alkyl or cyclic N) is 1. The van der Waals surface area contributed by atoms with E-state index < -0.39 is 6.10 Å². The molecule has 4 fully saturated rings. The molecule has 74 heavy (non-hydrogen) atoms. The van der Waals surface area contributed by atoms with Crippen molar-refractivity contribution < 1.29 is 24.3 Å². The van der Waals surface area contributed by atoms with Crippen LogP contribution in [0.5, 0.6) is 0 Å². The van der Waals surface area contributed by atoms with Crippen molar-refractivity contribution in [2.45, 2.75) is 105 Å². The van der Waals surface area contributed by atoms with Crippen molar-refractivity contribution in [3.8, 4) is 0 Å². The van der Waals surface area contributed by atoms with E-state index in [2.05, 4.69) is 50.2 Å². The van der Waals surface area contributed by atoms with Crippen LogP contribution in [0.3, 0.4) is 0 Å². The minimum absolute atomic E-state index is 0.0720. The molecule has 5 N–H and O–H groups in total. The zero-order chi connectivity index (χ0) is 53.5. The van der Waals surface area contributed by atoms with Crippen LogP contribution >= 0.6 is 0 Å². The van der Waals surface area contributed by atoms with E-state index in [1.54, 1.807) is 70.6 Å². The van der Waals surface area contributed by atoms with Crippen LogP contribution in [-0.4, -0.2) is 151 Å². The summed E-state index contributed by atoms with van der Waals surface area (Å²) in [6, 6.07) is 3.52. The van der Waals surface area contributed by atoms with Crippen molar-refractivity contribution in [3.63, 3.8) is 0 Å². The lowest BCUT2D eigenvalue weighted by molar-refractivity contribution is 0.0954. The summed E-state index contributed by atoms with van der Waals surface area (Å²) in [6.45, 7) is 26.1. The van der Waals surface area contributed by atoms with Crippen molar-refractivity contribution in [3.05, 3.63) is 143 Å². The molecule has 6 aliphatic rings. The van der Waals surface area contributed by atoms with Gasteiger partial charge >= 0.3 is 12.1 Å². The van der Waals surface area contributed by atoms with E-state index in [-0.39, 0.29) is 35.3 Å². The van der Waals surface area contributed by atoms with Crippen molar-refractivity contribution in [2.75, 3.05) is 59.4 Å². The number of likely N-dealkylation sites (tertiary alicyclic amines) is 4. The first-order valence-electron chi connectivity index (χ1n) is 25.9. The lowest BCUT2D eigenvalue weighted by atomic mass is 10.0. The summed E-state index contributed by atoms with van der Waals surface area (Å²) in [5, 5.41) is 31.5. The van der Waals surface area contributed by atoms with Crippen LogP contribution < -0.4 is 10.6 Å². The van der Waals surface area contributed by atoms with E-state index in [4.69, 9.17) is 10.8 Å². The highest BCUT2D eigenvalue weighted by molar-refractivity contribution is 6.07. The van der Waals surface area contributed by atoms with Gasteiger partial charge < -0.3 is 45.1 Å². The predicted molar refractivity (Wildman–Crippen MR) is 291 cm³/mol. The molecule has 1 unspecified atom stereocenters. The number of hydrogen-bond acceptors (Lipinski definition) is 10. The third-order valence-corrected chi connectivity index (χ3v) is 13.7. The van der Waals surface area contributed by atoms with Crippen LogP contribution in [0.2, 0.25) is 0 Å². The number of aromatic nitrogens is 2. The van der Waals surface area contributed by atoms with E-state index in [1.165, 1.54) is 0 Å². The molecule has 8 rings (SSSR count). The third-order valence-electron chi connectivity index (χ3n) is 13.7. The van der Waals surface area contributed by atoms with Gasteiger partial charge in [-0.3, -0.25) is 35.4 Å². The lowest BCUT2D eigenvalue weighted by Gasteiger charge is -2.32. The van der Waals surface area contributed by atoms with Gasteiger partial charge in [0, 0.05) is 108 Å². The maximum atomic E-state index is 12.8. The van der Waals surface area contributed by atoms with Crippen molar-refractivity contribution in [2.24, 2.45) is 4.99 Å². The Morgan fingerprint density at radius 3 is 1.68 bits per heavy atom. The van der Waals surface area contributed by atoms with E-state index in [0.29, 0.717) is 88.1 Å². The number of fused-ring (bicyclic) bond motifs is 2. The largest absolute Gasteiger partial charge is 0.391 e. The molecule has 6 amide bonds. The maximum Gasteiger partial charge on any atom is 0.320 e. The molecular weight excluding hydrogens is 935 g/mol. The Labute approximate surface area is 436 Å². The first kappa shape index (κ1) is 55.8. The maximum absolute atomic E-state index is 12.8. The van der Waals surface area contributed by atoms with Crippen LogP contribution in [0.25, 0.3) is 0 Å². The van der Waals surface area contributed by atoms with Crippen molar-refractivity contribution in [1.82, 2.24) is 50.0 Å². The monoisotopic (exact) mass is 1010 g/mol. The fourth-order valence-electron chi connectivity index (χ4n) is 9.58. The Kier molecular flexibility index (Phi) is 20.0. The number of hydrogen-bond donors (Lipinski definition) is 5. The number of allylic oxidation sites excluding steroid dienone is 7. The minimum atomic E-state index is -0.450. The summed E-state index contributed by atoms with van der Waals surface area (Å²) in [5.41, 5.74) is 8.20.